The van der Waals surface area contributed by atoms with E-state index in [1.54, 1.807) is 18.3 Å². The number of benzene rings is 1. The number of H-pyrrole nitrogens is 1. The minimum atomic E-state index is -0.927. The van der Waals surface area contributed by atoms with Crippen molar-refractivity contribution in [1.29, 1.82) is 0 Å². The van der Waals surface area contributed by atoms with Gasteiger partial charge in [-0.15, -0.1) is 0 Å². The molecule has 1 amide bonds. The summed E-state index contributed by atoms with van der Waals surface area (Å²) in [4.78, 5) is 25.1. The molecule has 0 aliphatic carbocycles. The lowest BCUT2D eigenvalue weighted by molar-refractivity contribution is -0.136. The average Bonchev–Trinajstić information content (AvgIpc) is 2.75. The monoisotopic (exact) mass is 232 g/mol. The second kappa shape index (κ2) is 4.69. The molecule has 0 aliphatic heterocycles. The van der Waals surface area contributed by atoms with Crippen LogP contribution < -0.4 is 5.32 Å². The van der Waals surface area contributed by atoms with Gasteiger partial charge in [0.2, 0.25) is 0 Å². The smallest absolute Gasteiger partial charge is 0.305 e. The normalized spacial score (nSPS) is 10.4. The number of amides is 1. The molecule has 2 rings (SSSR count). The maximum atomic E-state index is 11.8. The van der Waals surface area contributed by atoms with Crippen LogP contribution in [0.2, 0.25) is 0 Å². The molecule has 3 N–H and O–H groups in total. The Morgan fingerprint density at radius 1 is 1.29 bits per heavy atom. The Morgan fingerprint density at radius 3 is 2.88 bits per heavy atom. The van der Waals surface area contributed by atoms with Crippen LogP contribution in [-0.2, 0) is 4.79 Å². The van der Waals surface area contributed by atoms with Gasteiger partial charge in [-0.25, -0.2) is 0 Å². The first-order valence-corrected chi connectivity index (χ1v) is 5.24. The van der Waals surface area contributed by atoms with E-state index in [0.29, 0.717) is 5.56 Å². The van der Waals surface area contributed by atoms with Crippen LogP contribution in [-0.4, -0.2) is 28.5 Å². The summed E-state index contributed by atoms with van der Waals surface area (Å²) in [6.07, 6.45) is 1.69. The second-order valence-electron chi connectivity index (χ2n) is 3.65. The van der Waals surface area contributed by atoms with Gasteiger partial charge in [-0.3, -0.25) is 9.59 Å². The van der Waals surface area contributed by atoms with Crippen molar-refractivity contribution < 1.29 is 14.7 Å². The molecule has 2 aromatic rings. The van der Waals surface area contributed by atoms with Gasteiger partial charge in [0.15, 0.2) is 0 Å². The maximum absolute atomic E-state index is 11.8. The van der Waals surface area contributed by atoms with Gasteiger partial charge in [0, 0.05) is 18.1 Å². The van der Waals surface area contributed by atoms with Crippen LogP contribution in [0.1, 0.15) is 16.8 Å². The number of nitrogens with one attached hydrogen (secondary N) is 2. The van der Waals surface area contributed by atoms with Crippen molar-refractivity contribution in [2.75, 3.05) is 6.54 Å². The minimum absolute atomic E-state index is 0.0769. The number of aromatic nitrogens is 1. The van der Waals surface area contributed by atoms with E-state index in [4.69, 9.17) is 5.11 Å². The van der Waals surface area contributed by atoms with Crippen LogP contribution in [0.4, 0.5) is 0 Å². The predicted octanol–water partition coefficient (Wildman–Crippen LogP) is 1.37. The van der Waals surface area contributed by atoms with Gasteiger partial charge in [-0.2, -0.15) is 0 Å². The second-order valence-corrected chi connectivity index (χ2v) is 3.65. The molecular formula is C12H12N2O3. The van der Waals surface area contributed by atoms with Crippen LogP contribution in [0.5, 0.6) is 0 Å². The van der Waals surface area contributed by atoms with Gasteiger partial charge in [-0.1, -0.05) is 12.1 Å². The molecule has 5 heteroatoms. The number of rotatable bonds is 4. The molecule has 0 aliphatic rings. The number of carbonyl (C=O) groups excluding carboxylic acids is 1. The van der Waals surface area contributed by atoms with Crippen molar-refractivity contribution in [3.8, 4) is 0 Å². The number of hydrogen-bond donors (Lipinski definition) is 3. The number of carbonyl (C=O) groups is 2. The summed E-state index contributed by atoms with van der Waals surface area (Å²) in [6.45, 7) is 0.130. The molecule has 0 saturated heterocycles. The molecule has 0 radical (unpaired) electrons. The highest BCUT2D eigenvalue weighted by Crippen LogP contribution is 2.16. The van der Waals surface area contributed by atoms with Crippen molar-refractivity contribution in [3.05, 3.63) is 36.0 Å². The first-order valence-electron chi connectivity index (χ1n) is 5.24. The highest BCUT2D eigenvalue weighted by Gasteiger charge is 2.10. The van der Waals surface area contributed by atoms with Gasteiger partial charge in [0.05, 0.1) is 17.5 Å². The summed E-state index contributed by atoms with van der Waals surface area (Å²) in [5.74, 6) is -1.19. The molecule has 0 unspecified atom stereocenters. The van der Waals surface area contributed by atoms with E-state index in [1.165, 1.54) is 0 Å². The highest BCUT2D eigenvalue weighted by molar-refractivity contribution is 6.05. The van der Waals surface area contributed by atoms with Crippen molar-refractivity contribution in [3.63, 3.8) is 0 Å². The van der Waals surface area contributed by atoms with Gasteiger partial charge < -0.3 is 15.4 Å². The summed E-state index contributed by atoms with van der Waals surface area (Å²) >= 11 is 0. The molecule has 88 valence electrons. The largest absolute Gasteiger partial charge is 0.481 e. The van der Waals surface area contributed by atoms with E-state index < -0.39 is 5.97 Å². The summed E-state index contributed by atoms with van der Waals surface area (Å²) < 4.78 is 0. The van der Waals surface area contributed by atoms with E-state index in [2.05, 4.69) is 10.3 Å². The molecule has 1 aromatic carbocycles. The van der Waals surface area contributed by atoms with E-state index >= 15 is 0 Å². The van der Waals surface area contributed by atoms with Crippen LogP contribution in [0, 0.1) is 0 Å². The number of aliphatic carboxylic acids is 1. The van der Waals surface area contributed by atoms with Crippen LogP contribution in [0.25, 0.3) is 10.9 Å². The fourth-order valence-electron chi connectivity index (χ4n) is 1.65. The number of para-hydroxylation sites is 1. The molecule has 1 aromatic heterocycles. The molecular weight excluding hydrogens is 220 g/mol. The Kier molecular flexibility index (Phi) is 3.09. The molecule has 0 bridgehead atoms. The Morgan fingerprint density at radius 2 is 2.12 bits per heavy atom. The van der Waals surface area contributed by atoms with Crippen LogP contribution in [0.15, 0.2) is 30.5 Å². The lowest BCUT2D eigenvalue weighted by Crippen LogP contribution is -2.26. The third-order valence-electron chi connectivity index (χ3n) is 2.46. The van der Waals surface area contributed by atoms with Crippen molar-refractivity contribution in [2.24, 2.45) is 0 Å². The van der Waals surface area contributed by atoms with Gasteiger partial charge >= 0.3 is 5.97 Å². The van der Waals surface area contributed by atoms with E-state index in [0.717, 1.165) is 10.9 Å². The minimum Gasteiger partial charge on any atom is -0.481 e. The van der Waals surface area contributed by atoms with Crippen LogP contribution >= 0.6 is 0 Å². The van der Waals surface area contributed by atoms with Gasteiger partial charge in [-0.05, 0) is 12.1 Å². The molecule has 0 spiro atoms. The molecule has 0 saturated carbocycles. The number of carboxylic acid groups (broad SMARTS) is 1. The fourth-order valence-corrected chi connectivity index (χ4v) is 1.65. The number of aromatic amines is 1. The first kappa shape index (κ1) is 11.2. The number of fused-ring (bicyclic) bond motifs is 1. The predicted molar refractivity (Wildman–Crippen MR) is 62.9 cm³/mol. The summed E-state index contributed by atoms with van der Waals surface area (Å²) in [7, 11) is 0. The SMILES string of the molecule is O=C(O)CCNC(=O)c1cccc2cc[nH]c12. The average molecular weight is 232 g/mol. The zero-order valence-electron chi connectivity index (χ0n) is 9.06. The van der Waals surface area contributed by atoms with Crippen molar-refractivity contribution in [2.45, 2.75) is 6.42 Å². The Bertz CT molecular complexity index is 560. The molecule has 17 heavy (non-hydrogen) atoms. The summed E-state index contributed by atoms with van der Waals surface area (Å²) in [5, 5.41) is 12.0. The number of hydrogen-bond acceptors (Lipinski definition) is 2. The summed E-state index contributed by atoms with van der Waals surface area (Å²) in [5.41, 5.74) is 1.29. The maximum Gasteiger partial charge on any atom is 0.305 e. The lowest BCUT2D eigenvalue weighted by atomic mass is 10.1. The molecule has 1 heterocycles. The zero-order valence-corrected chi connectivity index (χ0v) is 9.06. The third kappa shape index (κ3) is 2.44. The van der Waals surface area contributed by atoms with Crippen molar-refractivity contribution in [1.82, 2.24) is 10.3 Å². The summed E-state index contributed by atoms with van der Waals surface area (Å²) in [6, 6.07) is 7.28. The molecule has 5 nitrogen and oxygen atoms in total. The Labute approximate surface area is 97.4 Å². The quantitative estimate of drug-likeness (QED) is 0.744. The standard InChI is InChI=1S/C12H12N2O3/c15-10(16)5-7-14-12(17)9-3-1-2-8-4-6-13-11(8)9/h1-4,6,13H,5,7H2,(H,14,17)(H,15,16). The van der Waals surface area contributed by atoms with Crippen molar-refractivity contribution >= 4 is 22.8 Å². The fraction of sp³-hybridized carbons (Fsp3) is 0.167. The third-order valence-corrected chi connectivity index (χ3v) is 2.46. The van der Waals surface area contributed by atoms with E-state index in [-0.39, 0.29) is 18.9 Å². The lowest BCUT2D eigenvalue weighted by Gasteiger charge is -2.04. The molecule has 0 atom stereocenters. The van der Waals surface area contributed by atoms with E-state index in [1.807, 2.05) is 12.1 Å². The molecule has 0 fully saturated rings. The first-order chi connectivity index (χ1) is 8.18. The Hall–Kier alpha value is -2.30. The zero-order chi connectivity index (χ0) is 12.3. The topological polar surface area (TPSA) is 82.2 Å². The van der Waals surface area contributed by atoms with Crippen LogP contribution in [0.3, 0.4) is 0 Å². The number of carboxylic acids is 1. The van der Waals surface area contributed by atoms with E-state index in [9.17, 15) is 9.59 Å². The van der Waals surface area contributed by atoms with Gasteiger partial charge in [0.1, 0.15) is 0 Å². The highest BCUT2D eigenvalue weighted by atomic mass is 16.4. The Balaban J connectivity index is 2.13. The van der Waals surface area contributed by atoms with Gasteiger partial charge in [0.25, 0.3) is 5.91 Å².